The molecule has 168 valence electrons. The van der Waals surface area contributed by atoms with Crippen LogP contribution in [0.2, 0.25) is 0 Å². The Bertz CT molecular complexity index is 1250. The molecule has 0 saturated carbocycles. The summed E-state index contributed by atoms with van der Waals surface area (Å²) in [5.41, 5.74) is 1.80. The lowest BCUT2D eigenvalue weighted by molar-refractivity contribution is 0.0984. The van der Waals surface area contributed by atoms with E-state index in [1.165, 1.54) is 24.1 Å². The Labute approximate surface area is 190 Å². The number of ketones is 1. The van der Waals surface area contributed by atoms with Crippen LogP contribution in [-0.2, 0) is 13.5 Å². The number of rotatable bonds is 8. The maximum atomic E-state index is 13.1. The molecule has 0 spiro atoms. The first-order chi connectivity index (χ1) is 16.0. The zero-order valence-corrected chi connectivity index (χ0v) is 18.5. The summed E-state index contributed by atoms with van der Waals surface area (Å²) in [6.07, 6.45) is 4.52. The Morgan fingerprint density at radius 2 is 1.94 bits per heavy atom. The first kappa shape index (κ1) is 21.9. The van der Waals surface area contributed by atoms with Crippen LogP contribution in [0.5, 0.6) is 5.75 Å². The van der Waals surface area contributed by atoms with Gasteiger partial charge in [0, 0.05) is 32.3 Å². The summed E-state index contributed by atoms with van der Waals surface area (Å²) in [5.74, 6) is -0.185. The highest BCUT2D eigenvalue weighted by Gasteiger charge is 2.28. The predicted molar refractivity (Wildman–Crippen MR) is 121 cm³/mol. The highest BCUT2D eigenvalue weighted by atomic mass is 16.5. The number of pyridine rings is 1. The van der Waals surface area contributed by atoms with Gasteiger partial charge in [-0.2, -0.15) is 0 Å². The third-order valence-electron chi connectivity index (χ3n) is 5.33. The highest BCUT2D eigenvalue weighted by molar-refractivity contribution is 5.98. The molecule has 0 fully saturated rings. The second kappa shape index (κ2) is 9.47. The minimum Gasteiger partial charge on any atom is -0.489 e. The number of methoxy groups -OCH3 is 1. The Kier molecular flexibility index (Phi) is 6.30. The molecule has 0 amide bonds. The molecule has 0 saturated heterocycles. The van der Waals surface area contributed by atoms with E-state index < -0.39 is 5.56 Å². The summed E-state index contributed by atoms with van der Waals surface area (Å²) in [7, 11) is 4.76. The van der Waals surface area contributed by atoms with Gasteiger partial charge in [0.15, 0.2) is 11.5 Å². The van der Waals surface area contributed by atoms with Crippen LogP contribution in [0.25, 0.3) is 0 Å². The maximum Gasteiger partial charge on any atom is 0.297 e. The molecule has 0 aliphatic heterocycles. The topological polar surface area (TPSA) is 103 Å². The molecule has 0 N–H and O–H groups in total. The quantitative estimate of drug-likeness (QED) is 0.382. The van der Waals surface area contributed by atoms with Crippen LogP contribution in [0, 0.1) is 0 Å². The van der Waals surface area contributed by atoms with E-state index in [9.17, 15) is 9.59 Å². The van der Waals surface area contributed by atoms with E-state index in [4.69, 9.17) is 9.26 Å². The summed E-state index contributed by atoms with van der Waals surface area (Å²) < 4.78 is 11.5. The van der Waals surface area contributed by atoms with Crippen molar-refractivity contribution >= 4 is 11.7 Å². The first-order valence-electron chi connectivity index (χ1n) is 10.3. The Hall–Kier alpha value is -4.27. The molecule has 1 aromatic carbocycles. The molecule has 3 heterocycles. The smallest absolute Gasteiger partial charge is 0.297 e. The van der Waals surface area contributed by atoms with Gasteiger partial charge in [-0.05, 0) is 17.7 Å². The second-order valence-corrected chi connectivity index (χ2v) is 7.47. The van der Waals surface area contributed by atoms with E-state index in [1.54, 1.807) is 13.2 Å². The van der Waals surface area contributed by atoms with E-state index in [0.29, 0.717) is 11.5 Å². The summed E-state index contributed by atoms with van der Waals surface area (Å²) in [4.78, 5) is 37.1. The van der Waals surface area contributed by atoms with Crippen molar-refractivity contribution in [3.05, 3.63) is 100 Å². The average molecular weight is 445 g/mol. The summed E-state index contributed by atoms with van der Waals surface area (Å²) in [6, 6.07) is 15.1. The summed E-state index contributed by atoms with van der Waals surface area (Å²) in [5, 5.41) is 3.62. The second-order valence-electron chi connectivity index (χ2n) is 7.47. The van der Waals surface area contributed by atoms with Gasteiger partial charge in [0.05, 0.1) is 25.0 Å². The van der Waals surface area contributed by atoms with E-state index in [2.05, 4.69) is 15.1 Å². The van der Waals surface area contributed by atoms with Crippen molar-refractivity contribution < 1.29 is 14.1 Å². The highest BCUT2D eigenvalue weighted by Crippen LogP contribution is 2.30. The zero-order chi connectivity index (χ0) is 23.4. The number of ether oxygens (including phenoxy) is 1. The van der Waals surface area contributed by atoms with Crippen molar-refractivity contribution in [2.75, 3.05) is 19.1 Å². The summed E-state index contributed by atoms with van der Waals surface area (Å²) >= 11 is 0. The minimum absolute atomic E-state index is 0.0223. The fraction of sp³-hybridized carbons (Fsp3) is 0.208. The average Bonchev–Trinajstić information content (AvgIpc) is 3.35. The van der Waals surface area contributed by atoms with Gasteiger partial charge in [-0.15, -0.1) is 0 Å². The van der Waals surface area contributed by atoms with Gasteiger partial charge in [0.2, 0.25) is 11.7 Å². The van der Waals surface area contributed by atoms with Gasteiger partial charge in [-0.25, -0.2) is 4.98 Å². The van der Waals surface area contributed by atoms with E-state index in [-0.39, 0.29) is 29.7 Å². The molecule has 0 aliphatic rings. The Morgan fingerprint density at radius 1 is 1.18 bits per heavy atom. The first-order valence-corrected chi connectivity index (χ1v) is 10.3. The van der Waals surface area contributed by atoms with Gasteiger partial charge in [-0.3, -0.25) is 19.1 Å². The number of carbonyl (C=O) groups excluding carboxylic acids is 1. The molecule has 1 atom stereocenters. The number of hydrogen-bond acceptors (Lipinski definition) is 8. The van der Waals surface area contributed by atoms with Crippen LogP contribution in [0.3, 0.4) is 0 Å². The van der Waals surface area contributed by atoms with Crippen molar-refractivity contribution in [3.63, 3.8) is 0 Å². The SMILES string of the molecule is COc1c(C(=O)Cc2cnoc2)nc(N(C)C(c2ccccc2)c2ccccn2)n(C)c1=O. The lowest BCUT2D eigenvalue weighted by Crippen LogP contribution is -2.34. The number of Topliss-reactive ketones (excluding diaryl/α,β-unsaturated/α-hetero) is 1. The van der Waals surface area contributed by atoms with Crippen LogP contribution in [0.15, 0.2) is 76.5 Å². The minimum atomic E-state index is -0.462. The van der Waals surface area contributed by atoms with Gasteiger partial charge >= 0.3 is 0 Å². The van der Waals surface area contributed by atoms with Crippen LogP contribution in [0.4, 0.5) is 5.95 Å². The normalized spacial score (nSPS) is 11.7. The molecule has 9 heteroatoms. The molecule has 33 heavy (non-hydrogen) atoms. The molecule has 9 nitrogen and oxygen atoms in total. The van der Waals surface area contributed by atoms with E-state index in [1.807, 2.05) is 60.5 Å². The molecule has 0 aliphatic carbocycles. The van der Waals surface area contributed by atoms with E-state index in [0.717, 1.165) is 11.3 Å². The van der Waals surface area contributed by atoms with Crippen LogP contribution >= 0.6 is 0 Å². The molecular formula is C24H23N5O4. The van der Waals surface area contributed by atoms with Crippen LogP contribution in [0.1, 0.15) is 33.4 Å². The number of aromatic nitrogens is 4. The third-order valence-corrected chi connectivity index (χ3v) is 5.33. The largest absolute Gasteiger partial charge is 0.489 e. The molecule has 3 aromatic heterocycles. The predicted octanol–water partition coefficient (Wildman–Crippen LogP) is 2.82. The fourth-order valence-electron chi connectivity index (χ4n) is 3.72. The molecule has 4 aromatic rings. The lowest BCUT2D eigenvalue weighted by Gasteiger charge is -2.30. The molecular weight excluding hydrogens is 422 g/mol. The zero-order valence-electron chi connectivity index (χ0n) is 18.5. The Morgan fingerprint density at radius 3 is 2.58 bits per heavy atom. The summed E-state index contributed by atoms with van der Waals surface area (Å²) in [6.45, 7) is 0. The van der Waals surface area contributed by atoms with Crippen LogP contribution < -0.4 is 15.2 Å². The number of benzene rings is 1. The molecule has 1 unspecified atom stereocenters. The molecule has 4 rings (SSSR count). The standard InChI is InChI=1S/C24H23N5O4/c1-28(21(17-9-5-4-6-10-17)18-11-7-8-12-25-18)24-27-20(22(32-3)23(31)29(24)2)19(30)13-16-14-26-33-15-16/h4-12,14-15,21H,13H2,1-3H3. The van der Waals surface area contributed by atoms with Gasteiger partial charge in [0.25, 0.3) is 5.56 Å². The number of hydrogen-bond donors (Lipinski definition) is 0. The Balaban J connectivity index is 1.83. The van der Waals surface area contributed by atoms with Crippen molar-refractivity contribution in [2.45, 2.75) is 12.5 Å². The number of nitrogens with zero attached hydrogens (tertiary/aromatic N) is 5. The van der Waals surface area contributed by atoms with Crippen molar-refractivity contribution in [1.29, 1.82) is 0 Å². The third kappa shape index (κ3) is 4.38. The lowest BCUT2D eigenvalue weighted by atomic mass is 10.0. The van der Waals surface area contributed by atoms with Gasteiger partial charge in [0.1, 0.15) is 6.26 Å². The van der Waals surface area contributed by atoms with Crippen molar-refractivity contribution in [1.82, 2.24) is 19.7 Å². The molecule has 0 bridgehead atoms. The number of carbonyl (C=O) groups is 1. The van der Waals surface area contributed by atoms with Crippen molar-refractivity contribution in [2.24, 2.45) is 7.05 Å². The van der Waals surface area contributed by atoms with Gasteiger partial charge in [-0.1, -0.05) is 41.6 Å². The molecule has 0 radical (unpaired) electrons. The fourth-order valence-corrected chi connectivity index (χ4v) is 3.72. The van der Waals surface area contributed by atoms with Gasteiger partial charge < -0.3 is 14.2 Å². The van der Waals surface area contributed by atoms with Crippen LogP contribution in [-0.4, -0.2) is 39.6 Å². The monoisotopic (exact) mass is 445 g/mol. The maximum absolute atomic E-state index is 13.1. The van der Waals surface area contributed by atoms with E-state index >= 15 is 0 Å². The number of anilines is 1. The van der Waals surface area contributed by atoms with Crippen molar-refractivity contribution in [3.8, 4) is 5.75 Å².